The van der Waals surface area contributed by atoms with Crippen LogP contribution in [0.3, 0.4) is 0 Å². The number of nitrogens with zero attached hydrogens (tertiary/aromatic N) is 1. The molecule has 0 aromatic heterocycles. The molecular weight excluding hydrogens is 244 g/mol. The number of fused-ring (bicyclic) bond motifs is 1. The first-order valence-electron chi connectivity index (χ1n) is 8.23. The Morgan fingerprint density at radius 1 is 1.30 bits per heavy atom. The fourth-order valence-electron chi connectivity index (χ4n) is 4.49. The first kappa shape index (κ1) is 13.9. The molecule has 1 fully saturated rings. The Hall–Kier alpha value is -1.02. The number of para-hydroxylation sites is 1. The molecule has 1 saturated carbocycles. The average Bonchev–Trinajstić information content (AvgIpc) is 2.48. The van der Waals surface area contributed by atoms with E-state index in [9.17, 15) is 0 Å². The fraction of sp³-hybridized carbons (Fsp3) is 0.667. The van der Waals surface area contributed by atoms with Gasteiger partial charge in [0.25, 0.3) is 0 Å². The van der Waals surface area contributed by atoms with E-state index in [1.165, 1.54) is 49.9 Å². The third-order valence-corrected chi connectivity index (χ3v) is 5.74. The van der Waals surface area contributed by atoms with Gasteiger partial charge in [-0.25, -0.2) is 0 Å². The summed E-state index contributed by atoms with van der Waals surface area (Å²) in [4.78, 5) is 2.67. The van der Waals surface area contributed by atoms with Gasteiger partial charge < -0.3 is 10.6 Å². The average molecular weight is 272 g/mol. The molecule has 2 heteroatoms. The second-order valence-electron chi connectivity index (χ2n) is 6.97. The number of hydrogen-bond acceptors (Lipinski definition) is 2. The monoisotopic (exact) mass is 272 g/mol. The van der Waals surface area contributed by atoms with Crippen molar-refractivity contribution in [3.8, 4) is 0 Å². The summed E-state index contributed by atoms with van der Waals surface area (Å²) in [5.74, 6) is 1.53. The Morgan fingerprint density at radius 3 is 2.85 bits per heavy atom. The first-order chi connectivity index (χ1) is 9.67. The molecule has 0 amide bonds. The van der Waals surface area contributed by atoms with Crippen LogP contribution in [0.25, 0.3) is 0 Å². The summed E-state index contributed by atoms with van der Waals surface area (Å²) < 4.78 is 0. The molecule has 1 aliphatic carbocycles. The van der Waals surface area contributed by atoms with Crippen molar-refractivity contribution < 1.29 is 0 Å². The molecule has 3 unspecified atom stereocenters. The highest BCUT2D eigenvalue weighted by Crippen LogP contribution is 2.44. The highest BCUT2D eigenvalue weighted by Gasteiger charge is 2.44. The van der Waals surface area contributed by atoms with Crippen LogP contribution in [0.15, 0.2) is 24.3 Å². The fourth-order valence-corrected chi connectivity index (χ4v) is 4.49. The van der Waals surface area contributed by atoms with E-state index >= 15 is 0 Å². The van der Waals surface area contributed by atoms with Crippen LogP contribution in [0, 0.1) is 11.8 Å². The molecule has 0 spiro atoms. The zero-order valence-electron chi connectivity index (χ0n) is 12.9. The molecule has 1 aliphatic heterocycles. The smallest absolute Gasteiger partial charge is 0.0549 e. The van der Waals surface area contributed by atoms with Crippen LogP contribution in [0.2, 0.25) is 0 Å². The van der Waals surface area contributed by atoms with Gasteiger partial charge in [0.05, 0.1) is 5.54 Å². The molecule has 0 radical (unpaired) electrons. The van der Waals surface area contributed by atoms with Crippen molar-refractivity contribution in [3.63, 3.8) is 0 Å². The summed E-state index contributed by atoms with van der Waals surface area (Å²) in [6, 6.07) is 8.94. The van der Waals surface area contributed by atoms with Crippen molar-refractivity contribution in [2.24, 2.45) is 17.6 Å². The first-order valence-corrected chi connectivity index (χ1v) is 8.23. The van der Waals surface area contributed by atoms with Crippen molar-refractivity contribution in [3.05, 3.63) is 29.8 Å². The topological polar surface area (TPSA) is 29.3 Å². The van der Waals surface area contributed by atoms with Gasteiger partial charge in [0.1, 0.15) is 0 Å². The number of benzene rings is 1. The molecular formula is C18H28N2. The molecule has 2 aliphatic rings. The number of nitrogens with two attached hydrogens (primary N) is 1. The standard InChI is InChI=1S/C18H28N2/c1-14-9-10-18(13-19,15(2)12-14)20-11-5-7-16-6-3-4-8-17(16)20/h3-4,6,8,14-15H,5,7,9-13,19H2,1-2H3. The molecule has 2 nitrogen and oxygen atoms in total. The van der Waals surface area contributed by atoms with Crippen molar-refractivity contribution >= 4 is 5.69 Å². The van der Waals surface area contributed by atoms with E-state index < -0.39 is 0 Å². The second-order valence-corrected chi connectivity index (χ2v) is 6.97. The van der Waals surface area contributed by atoms with Crippen LogP contribution in [-0.2, 0) is 6.42 Å². The molecule has 3 rings (SSSR count). The third kappa shape index (κ3) is 2.14. The summed E-state index contributed by atoms with van der Waals surface area (Å²) >= 11 is 0. The lowest BCUT2D eigenvalue weighted by atomic mass is 9.68. The maximum absolute atomic E-state index is 6.32. The van der Waals surface area contributed by atoms with E-state index in [-0.39, 0.29) is 5.54 Å². The molecule has 20 heavy (non-hydrogen) atoms. The van der Waals surface area contributed by atoms with Crippen LogP contribution >= 0.6 is 0 Å². The van der Waals surface area contributed by atoms with E-state index in [1.807, 2.05) is 0 Å². The van der Waals surface area contributed by atoms with E-state index in [4.69, 9.17) is 5.73 Å². The third-order valence-electron chi connectivity index (χ3n) is 5.74. The van der Waals surface area contributed by atoms with Crippen LogP contribution in [0.4, 0.5) is 5.69 Å². The minimum absolute atomic E-state index is 0.184. The quantitative estimate of drug-likeness (QED) is 0.891. The molecule has 1 aromatic carbocycles. The predicted octanol–water partition coefficient (Wildman–Crippen LogP) is 3.59. The molecule has 2 N–H and O–H groups in total. The number of hydrogen-bond donors (Lipinski definition) is 1. The summed E-state index contributed by atoms with van der Waals surface area (Å²) in [7, 11) is 0. The molecule has 0 saturated heterocycles. The van der Waals surface area contributed by atoms with Gasteiger partial charge in [-0.2, -0.15) is 0 Å². The lowest BCUT2D eigenvalue weighted by Crippen LogP contribution is -2.61. The summed E-state index contributed by atoms with van der Waals surface area (Å²) in [6.45, 7) is 6.77. The van der Waals surface area contributed by atoms with Gasteiger partial charge in [-0.1, -0.05) is 32.0 Å². The van der Waals surface area contributed by atoms with E-state index in [0.717, 1.165) is 12.5 Å². The van der Waals surface area contributed by atoms with Crippen LogP contribution < -0.4 is 10.6 Å². The Morgan fingerprint density at radius 2 is 2.10 bits per heavy atom. The van der Waals surface area contributed by atoms with Crippen LogP contribution in [-0.4, -0.2) is 18.6 Å². The predicted molar refractivity (Wildman–Crippen MR) is 86.1 cm³/mol. The van der Waals surface area contributed by atoms with Gasteiger partial charge in [0.2, 0.25) is 0 Å². The zero-order valence-corrected chi connectivity index (χ0v) is 12.9. The van der Waals surface area contributed by atoms with Gasteiger partial charge in [-0.3, -0.25) is 0 Å². The molecule has 1 aromatic rings. The molecule has 3 atom stereocenters. The van der Waals surface area contributed by atoms with Gasteiger partial charge in [-0.15, -0.1) is 0 Å². The molecule has 110 valence electrons. The second kappa shape index (κ2) is 5.40. The molecule has 0 bridgehead atoms. The van der Waals surface area contributed by atoms with Crippen molar-refractivity contribution in [1.82, 2.24) is 0 Å². The summed E-state index contributed by atoms with van der Waals surface area (Å²) in [6.07, 6.45) is 6.37. The van der Waals surface area contributed by atoms with Gasteiger partial charge >= 0.3 is 0 Å². The lowest BCUT2D eigenvalue weighted by Gasteiger charge is -2.54. The van der Waals surface area contributed by atoms with Gasteiger partial charge in [0.15, 0.2) is 0 Å². The van der Waals surface area contributed by atoms with Gasteiger partial charge in [0, 0.05) is 18.8 Å². The van der Waals surface area contributed by atoms with E-state index in [0.29, 0.717) is 5.92 Å². The van der Waals surface area contributed by atoms with Crippen molar-refractivity contribution in [2.45, 2.75) is 51.5 Å². The number of aryl methyl sites for hydroxylation is 1. The number of anilines is 1. The largest absolute Gasteiger partial charge is 0.364 e. The zero-order chi connectivity index (χ0) is 14.2. The SMILES string of the molecule is CC1CCC(CN)(N2CCCc3ccccc32)C(C)C1. The Balaban J connectivity index is 1.98. The highest BCUT2D eigenvalue weighted by molar-refractivity contribution is 5.58. The van der Waals surface area contributed by atoms with Crippen LogP contribution in [0.5, 0.6) is 0 Å². The van der Waals surface area contributed by atoms with Gasteiger partial charge in [-0.05, 0) is 55.6 Å². The lowest BCUT2D eigenvalue weighted by molar-refractivity contribution is 0.156. The number of rotatable bonds is 2. The highest BCUT2D eigenvalue weighted by atomic mass is 15.2. The maximum Gasteiger partial charge on any atom is 0.0549 e. The van der Waals surface area contributed by atoms with Crippen molar-refractivity contribution in [1.29, 1.82) is 0 Å². The Kier molecular flexibility index (Phi) is 3.76. The summed E-state index contributed by atoms with van der Waals surface area (Å²) in [5, 5.41) is 0. The minimum atomic E-state index is 0.184. The summed E-state index contributed by atoms with van der Waals surface area (Å²) in [5.41, 5.74) is 9.47. The Labute approximate surface area is 123 Å². The molecule has 1 heterocycles. The van der Waals surface area contributed by atoms with Crippen molar-refractivity contribution in [2.75, 3.05) is 18.0 Å². The maximum atomic E-state index is 6.32. The normalized spacial score (nSPS) is 33.9. The van der Waals surface area contributed by atoms with Crippen LogP contribution in [0.1, 0.15) is 45.1 Å². The Bertz CT molecular complexity index is 470. The van der Waals surface area contributed by atoms with E-state index in [2.05, 4.69) is 43.0 Å². The minimum Gasteiger partial charge on any atom is -0.364 e. The van der Waals surface area contributed by atoms with E-state index in [1.54, 1.807) is 0 Å².